The monoisotopic (exact) mass is 520 g/mol. The van der Waals surface area contributed by atoms with E-state index in [-0.39, 0.29) is 22.5 Å². The molecule has 6 heteroatoms. The standard InChI is InChI=1S/C31H37ClN2O3/c1-36-25-10-7-23-16-27-31-13-12-29(20-37-31,33-28(35)11-6-21-4-8-24(32)9-5-21)19-30(31,26(23)17-25)14-15-34(27)18-22-2-3-22/h4-5,7-10,17,22,27H,2-3,6,11-16,18-20H2,1H3,(H,33,35)/t27-,29+,30-,31-/m1/s1. The van der Waals surface area contributed by atoms with E-state index in [0.29, 0.717) is 25.5 Å². The third-order valence-corrected chi connectivity index (χ3v) is 10.5. The number of methoxy groups -OCH3 is 1. The van der Waals surface area contributed by atoms with Gasteiger partial charge in [0.15, 0.2) is 0 Å². The van der Waals surface area contributed by atoms with Gasteiger partial charge in [-0.2, -0.15) is 0 Å². The molecule has 5 fully saturated rings. The molecule has 0 unspecified atom stereocenters. The normalized spacial score (nSPS) is 33.9. The van der Waals surface area contributed by atoms with Crippen LogP contribution in [0.3, 0.4) is 0 Å². The Morgan fingerprint density at radius 2 is 2.00 bits per heavy atom. The van der Waals surface area contributed by atoms with Crippen LogP contribution in [0.2, 0.25) is 5.02 Å². The molecule has 2 aromatic carbocycles. The van der Waals surface area contributed by atoms with Crippen LogP contribution in [0.5, 0.6) is 5.75 Å². The van der Waals surface area contributed by atoms with Crippen LogP contribution in [0.4, 0.5) is 0 Å². The molecule has 4 atom stereocenters. The van der Waals surface area contributed by atoms with Gasteiger partial charge in [-0.05, 0) is 105 Å². The summed E-state index contributed by atoms with van der Waals surface area (Å²) in [7, 11) is 1.75. The van der Waals surface area contributed by atoms with Crippen molar-refractivity contribution < 1.29 is 14.3 Å². The first-order valence-electron chi connectivity index (χ1n) is 14.1. The minimum absolute atomic E-state index is 0.0835. The smallest absolute Gasteiger partial charge is 0.220 e. The van der Waals surface area contributed by atoms with Crippen molar-refractivity contribution in [3.05, 3.63) is 64.2 Å². The van der Waals surface area contributed by atoms with Crippen LogP contribution in [0, 0.1) is 5.92 Å². The van der Waals surface area contributed by atoms with Crippen molar-refractivity contribution in [2.24, 2.45) is 5.92 Å². The molecule has 1 amide bonds. The second-order valence-electron chi connectivity index (χ2n) is 12.3. The topological polar surface area (TPSA) is 50.8 Å². The number of benzene rings is 2. The fraction of sp³-hybridized carbons (Fsp3) is 0.581. The molecule has 0 radical (unpaired) electrons. The molecule has 1 spiro atoms. The van der Waals surface area contributed by atoms with E-state index in [4.69, 9.17) is 21.1 Å². The first-order chi connectivity index (χ1) is 17.9. The average molecular weight is 521 g/mol. The van der Waals surface area contributed by atoms with E-state index in [9.17, 15) is 4.79 Å². The van der Waals surface area contributed by atoms with E-state index in [1.54, 1.807) is 7.11 Å². The van der Waals surface area contributed by atoms with Crippen LogP contribution >= 0.6 is 11.6 Å². The molecular weight excluding hydrogens is 484 g/mol. The molecule has 0 aromatic heterocycles. The van der Waals surface area contributed by atoms with Crippen molar-refractivity contribution in [2.75, 3.05) is 26.8 Å². The van der Waals surface area contributed by atoms with Gasteiger partial charge >= 0.3 is 0 Å². The van der Waals surface area contributed by atoms with Crippen LogP contribution < -0.4 is 10.1 Å². The van der Waals surface area contributed by atoms with Crippen molar-refractivity contribution in [3.63, 3.8) is 0 Å². The molecule has 3 heterocycles. The molecule has 2 saturated carbocycles. The summed E-state index contributed by atoms with van der Waals surface area (Å²) in [4.78, 5) is 16.0. The highest BCUT2D eigenvalue weighted by molar-refractivity contribution is 6.30. The van der Waals surface area contributed by atoms with Crippen molar-refractivity contribution in [1.82, 2.24) is 10.2 Å². The summed E-state index contributed by atoms with van der Waals surface area (Å²) >= 11 is 6.03. The van der Waals surface area contributed by atoms with Crippen molar-refractivity contribution in [3.8, 4) is 5.75 Å². The van der Waals surface area contributed by atoms with Gasteiger partial charge in [-0.25, -0.2) is 0 Å². The Bertz CT molecular complexity index is 1200. The Hall–Kier alpha value is -2.08. The zero-order valence-corrected chi connectivity index (χ0v) is 22.5. The largest absolute Gasteiger partial charge is 0.497 e. The molecule has 3 aliphatic heterocycles. The van der Waals surface area contributed by atoms with E-state index in [2.05, 4.69) is 28.4 Å². The predicted octanol–water partition coefficient (Wildman–Crippen LogP) is 5.07. The summed E-state index contributed by atoms with van der Waals surface area (Å²) in [5, 5.41) is 4.23. The molecule has 196 valence electrons. The van der Waals surface area contributed by atoms with E-state index in [0.717, 1.165) is 60.9 Å². The Balaban J connectivity index is 1.18. The molecule has 5 nitrogen and oxygen atoms in total. The number of nitrogens with one attached hydrogen (secondary N) is 1. The van der Waals surface area contributed by atoms with Crippen molar-refractivity contribution in [1.29, 1.82) is 0 Å². The predicted molar refractivity (Wildman–Crippen MR) is 144 cm³/mol. The number of ether oxygens (including phenoxy) is 2. The van der Waals surface area contributed by atoms with Crippen LogP contribution in [0.1, 0.15) is 61.6 Å². The second-order valence-corrected chi connectivity index (χ2v) is 12.8. The first kappa shape index (κ1) is 24.0. The zero-order chi connectivity index (χ0) is 25.3. The molecular formula is C31H37ClN2O3. The fourth-order valence-electron chi connectivity index (χ4n) is 8.27. The minimum Gasteiger partial charge on any atom is -0.497 e. The van der Waals surface area contributed by atoms with Gasteiger partial charge < -0.3 is 14.8 Å². The number of hydrogen-bond acceptors (Lipinski definition) is 4. The molecule has 1 N–H and O–H groups in total. The molecule has 37 heavy (non-hydrogen) atoms. The van der Waals surface area contributed by atoms with Gasteiger partial charge in [0.1, 0.15) is 5.75 Å². The van der Waals surface area contributed by atoms with Crippen LogP contribution in [-0.2, 0) is 27.8 Å². The maximum atomic E-state index is 13.3. The number of halogens is 1. The maximum absolute atomic E-state index is 13.3. The second kappa shape index (κ2) is 8.72. The molecule has 6 aliphatic rings. The molecule has 2 aromatic rings. The summed E-state index contributed by atoms with van der Waals surface area (Å²) in [5.41, 5.74) is 3.43. The van der Waals surface area contributed by atoms with Gasteiger partial charge in [0, 0.05) is 29.4 Å². The van der Waals surface area contributed by atoms with E-state index < -0.39 is 0 Å². The van der Waals surface area contributed by atoms with Gasteiger partial charge in [-0.3, -0.25) is 9.69 Å². The summed E-state index contributed by atoms with van der Waals surface area (Å²) in [5.74, 6) is 1.91. The average Bonchev–Trinajstić information content (AvgIpc) is 3.73. The number of nitrogens with zero attached hydrogens (tertiary/aromatic N) is 1. The van der Waals surface area contributed by atoms with E-state index in [1.165, 1.54) is 30.5 Å². The van der Waals surface area contributed by atoms with Crippen LogP contribution in [-0.4, -0.2) is 54.8 Å². The number of aryl methyl sites for hydroxylation is 1. The van der Waals surface area contributed by atoms with E-state index in [1.807, 2.05) is 24.3 Å². The third-order valence-electron chi connectivity index (χ3n) is 10.2. The molecule has 8 rings (SSSR count). The lowest BCUT2D eigenvalue weighted by Gasteiger charge is -2.71. The highest BCUT2D eigenvalue weighted by atomic mass is 35.5. The Morgan fingerprint density at radius 1 is 1.16 bits per heavy atom. The van der Waals surface area contributed by atoms with Gasteiger partial charge in [-0.1, -0.05) is 29.8 Å². The molecule has 3 saturated heterocycles. The minimum atomic E-state index is -0.306. The molecule has 4 bridgehead atoms. The van der Waals surface area contributed by atoms with Gasteiger partial charge in [0.25, 0.3) is 0 Å². The molecule has 3 aliphatic carbocycles. The van der Waals surface area contributed by atoms with Crippen molar-refractivity contribution in [2.45, 2.75) is 80.4 Å². The quantitative estimate of drug-likeness (QED) is 0.554. The number of rotatable bonds is 7. The third kappa shape index (κ3) is 3.84. The zero-order valence-electron chi connectivity index (χ0n) is 21.7. The lowest BCUT2D eigenvalue weighted by atomic mass is 9.45. The first-order valence-corrected chi connectivity index (χ1v) is 14.4. The summed E-state index contributed by atoms with van der Waals surface area (Å²) < 4.78 is 12.8. The Kier molecular flexibility index (Phi) is 5.66. The highest BCUT2D eigenvalue weighted by Crippen LogP contribution is 2.65. The summed E-state index contributed by atoms with van der Waals surface area (Å²) in [6, 6.07) is 14.9. The number of fused-ring (bicyclic) bond motifs is 3. The van der Waals surface area contributed by atoms with Crippen LogP contribution in [0.25, 0.3) is 0 Å². The summed E-state index contributed by atoms with van der Waals surface area (Å²) in [6.45, 7) is 2.95. The summed E-state index contributed by atoms with van der Waals surface area (Å²) in [6.07, 6.45) is 9.04. The van der Waals surface area contributed by atoms with Gasteiger partial charge in [0.2, 0.25) is 5.91 Å². The lowest BCUT2D eigenvalue weighted by molar-refractivity contribution is -0.262. The number of amides is 1. The number of likely N-dealkylation sites (tertiary alicyclic amines) is 1. The Labute approximate surface area is 224 Å². The number of piperidine rings is 1. The number of carbonyl (C=O) groups excluding carboxylic acids is 1. The number of carbonyl (C=O) groups is 1. The van der Waals surface area contributed by atoms with Gasteiger partial charge in [0.05, 0.1) is 24.9 Å². The Morgan fingerprint density at radius 3 is 2.73 bits per heavy atom. The lowest BCUT2D eigenvalue weighted by Crippen LogP contribution is -2.81. The number of hydrogen-bond donors (Lipinski definition) is 1. The van der Waals surface area contributed by atoms with Crippen molar-refractivity contribution >= 4 is 17.5 Å². The van der Waals surface area contributed by atoms with Crippen LogP contribution in [0.15, 0.2) is 42.5 Å². The fourth-order valence-corrected chi connectivity index (χ4v) is 8.40. The van der Waals surface area contributed by atoms with E-state index >= 15 is 0 Å². The van der Waals surface area contributed by atoms with Gasteiger partial charge in [-0.15, -0.1) is 0 Å². The highest BCUT2D eigenvalue weighted by Gasteiger charge is 2.71. The maximum Gasteiger partial charge on any atom is 0.220 e. The SMILES string of the molecule is COc1ccc2c(c1)[C@]13CCN(CC4CC4)[C@H](C2)[C@]12CC[C@@](NC(=O)CCc1ccc(Cl)cc1)(CO2)C3.